The molecule has 8 nitrogen and oxygen atoms in total. The number of aromatic nitrogens is 4. The molecule has 0 saturated carbocycles. The lowest BCUT2D eigenvalue weighted by Gasteiger charge is -2.34. The van der Waals surface area contributed by atoms with Crippen LogP contribution in [0.4, 0.5) is 0 Å². The van der Waals surface area contributed by atoms with E-state index in [0.717, 1.165) is 18.7 Å². The molecule has 1 saturated heterocycles. The highest BCUT2D eigenvalue weighted by Crippen LogP contribution is 2.13. The number of nitrogens with one attached hydrogen (secondary N) is 1. The maximum absolute atomic E-state index is 12.2. The minimum Gasteiger partial charge on any atom is -0.373 e. The third kappa shape index (κ3) is 5.23. The number of carbonyl (C=O) groups excluding carboxylic acids is 1. The fourth-order valence-corrected chi connectivity index (χ4v) is 3.33. The Morgan fingerprint density at radius 3 is 2.85 bits per heavy atom. The molecule has 2 atom stereocenters. The number of ether oxygens (including phenoxy) is 1. The number of tetrazole rings is 1. The van der Waals surface area contributed by atoms with E-state index in [2.05, 4.69) is 39.6 Å². The molecule has 0 unspecified atom stereocenters. The standard InChI is InChI=1S/C17H23ClN6O2/c1-12-8-23(9-13(2)26-12)10-16-20-21-22-24(16)11-17(25)19-7-14-4-3-5-15(18)6-14/h3-6,12-13H,7-11H2,1-2H3,(H,19,25)/t12-,13+. The molecule has 1 N–H and O–H groups in total. The van der Waals surface area contributed by atoms with Gasteiger partial charge in [-0.05, 0) is 42.0 Å². The molecule has 1 aliphatic rings. The lowest BCUT2D eigenvalue weighted by molar-refractivity contribution is -0.122. The molecule has 2 aromatic rings. The van der Waals surface area contributed by atoms with Gasteiger partial charge in [-0.2, -0.15) is 0 Å². The van der Waals surface area contributed by atoms with Gasteiger partial charge in [0.2, 0.25) is 5.91 Å². The van der Waals surface area contributed by atoms with Gasteiger partial charge in [0.05, 0.1) is 18.8 Å². The highest BCUT2D eigenvalue weighted by atomic mass is 35.5. The second-order valence-corrected chi connectivity index (χ2v) is 7.05. The molecule has 1 aliphatic heterocycles. The van der Waals surface area contributed by atoms with Gasteiger partial charge in [0.15, 0.2) is 5.82 Å². The van der Waals surface area contributed by atoms with Crippen molar-refractivity contribution in [2.24, 2.45) is 0 Å². The van der Waals surface area contributed by atoms with Crippen LogP contribution in [0, 0.1) is 0 Å². The smallest absolute Gasteiger partial charge is 0.242 e. The molecule has 0 radical (unpaired) electrons. The summed E-state index contributed by atoms with van der Waals surface area (Å²) in [6.45, 7) is 6.82. The predicted octanol–water partition coefficient (Wildman–Crippen LogP) is 1.25. The molecule has 1 aromatic heterocycles. The minimum absolute atomic E-state index is 0.0817. The van der Waals surface area contributed by atoms with Gasteiger partial charge < -0.3 is 10.1 Å². The van der Waals surface area contributed by atoms with Gasteiger partial charge in [0.25, 0.3) is 0 Å². The predicted molar refractivity (Wildman–Crippen MR) is 96.4 cm³/mol. The third-order valence-electron chi connectivity index (χ3n) is 4.14. The Labute approximate surface area is 157 Å². The summed E-state index contributed by atoms with van der Waals surface area (Å²) >= 11 is 5.95. The van der Waals surface area contributed by atoms with Crippen LogP contribution in [-0.4, -0.2) is 56.3 Å². The molecule has 2 heterocycles. The topological polar surface area (TPSA) is 85.2 Å². The lowest BCUT2D eigenvalue weighted by atomic mass is 10.2. The summed E-state index contributed by atoms with van der Waals surface area (Å²) in [5.74, 6) is 0.520. The van der Waals surface area contributed by atoms with Crippen molar-refractivity contribution < 1.29 is 9.53 Å². The highest BCUT2D eigenvalue weighted by Gasteiger charge is 2.24. The number of hydrogen-bond donors (Lipinski definition) is 1. The van der Waals surface area contributed by atoms with E-state index >= 15 is 0 Å². The molecule has 1 fully saturated rings. The first-order chi connectivity index (χ1) is 12.5. The monoisotopic (exact) mass is 378 g/mol. The third-order valence-corrected chi connectivity index (χ3v) is 4.37. The molecule has 0 aliphatic carbocycles. The summed E-state index contributed by atoms with van der Waals surface area (Å²) in [5, 5.41) is 15.2. The van der Waals surface area contributed by atoms with Gasteiger partial charge in [-0.1, -0.05) is 23.7 Å². The van der Waals surface area contributed by atoms with Crippen molar-refractivity contribution in [3.05, 3.63) is 40.7 Å². The summed E-state index contributed by atoms with van der Waals surface area (Å²) in [5.41, 5.74) is 0.944. The fraction of sp³-hybridized carbons (Fsp3) is 0.529. The van der Waals surface area contributed by atoms with E-state index in [9.17, 15) is 4.79 Å². The molecule has 1 amide bonds. The zero-order valence-electron chi connectivity index (χ0n) is 14.9. The van der Waals surface area contributed by atoms with Crippen molar-refractivity contribution in [1.82, 2.24) is 30.4 Å². The largest absolute Gasteiger partial charge is 0.373 e. The number of rotatable bonds is 6. The van der Waals surface area contributed by atoms with Crippen molar-refractivity contribution in [3.63, 3.8) is 0 Å². The number of nitrogens with zero attached hydrogens (tertiary/aromatic N) is 5. The average Bonchev–Trinajstić information content (AvgIpc) is 2.99. The molecular weight excluding hydrogens is 356 g/mol. The van der Waals surface area contributed by atoms with Crippen molar-refractivity contribution in [3.8, 4) is 0 Å². The van der Waals surface area contributed by atoms with Gasteiger partial charge in [0, 0.05) is 24.7 Å². The number of morpholine rings is 1. The molecule has 140 valence electrons. The maximum Gasteiger partial charge on any atom is 0.242 e. The summed E-state index contributed by atoms with van der Waals surface area (Å²) in [6, 6.07) is 7.39. The van der Waals surface area contributed by atoms with E-state index in [1.54, 1.807) is 6.07 Å². The normalized spacial score (nSPS) is 20.9. The average molecular weight is 379 g/mol. The first-order valence-corrected chi connectivity index (χ1v) is 9.01. The van der Waals surface area contributed by atoms with Crippen LogP contribution in [0.25, 0.3) is 0 Å². The summed E-state index contributed by atoms with van der Waals surface area (Å²) in [4.78, 5) is 14.5. The van der Waals surface area contributed by atoms with Crippen LogP contribution >= 0.6 is 11.6 Å². The SMILES string of the molecule is C[C@@H]1CN(Cc2nnnn2CC(=O)NCc2cccc(Cl)c2)C[C@H](C)O1. The van der Waals surface area contributed by atoms with Gasteiger partial charge in [-0.3, -0.25) is 9.69 Å². The maximum atomic E-state index is 12.2. The molecule has 3 rings (SSSR count). The van der Waals surface area contributed by atoms with Gasteiger partial charge in [-0.25, -0.2) is 4.68 Å². The number of benzene rings is 1. The van der Waals surface area contributed by atoms with E-state index in [0.29, 0.717) is 23.9 Å². The van der Waals surface area contributed by atoms with Crippen LogP contribution in [0.2, 0.25) is 5.02 Å². The Bertz CT molecular complexity index is 742. The van der Waals surface area contributed by atoms with Crippen LogP contribution in [0.5, 0.6) is 0 Å². The Morgan fingerprint density at radius 2 is 2.12 bits per heavy atom. The molecule has 1 aromatic carbocycles. The van der Waals surface area contributed by atoms with Gasteiger partial charge in [-0.15, -0.1) is 5.10 Å². The zero-order chi connectivity index (χ0) is 18.5. The quantitative estimate of drug-likeness (QED) is 0.814. The van der Waals surface area contributed by atoms with Crippen molar-refractivity contribution in [1.29, 1.82) is 0 Å². The van der Waals surface area contributed by atoms with Crippen LogP contribution in [0.3, 0.4) is 0 Å². The summed E-state index contributed by atoms with van der Waals surface area (Å²) in [6.07, 6.45) is 0.341. The molecular formula is C17H23ClN6O2. The highest BCUT2D eigenvalue weighted by molar-refractivity contribution is 6.30. The summed E-state index contributed by atoms with van der Waals surface area (Å²) < 4.78 is 7.28. The second kappa shape index (κ2) is 8.57. The number of amides is 1. The zero-order valence-corrected chi connectivity index (χ0v) is 15.7. The van der Waals surface area contributed by atoms with Gasteiger partial charge >= 0.3 is 0 Å². The molecule has 0 spiro atoms. The molecule has 26 heavy (non-hydrogen) atoms. The second-order valence-electron chi connectivity index (χ2n) is 6.61. The minimum atomic E-state index is -0.151. The Hall–Kier alpha value is -2.03. The van der Waals surface area contributed by atoms with Crippen LogP contribution in [-0.2, 0) is 29.2 Å². The fourth-order valence-electron chi connectivity index (χ4n) is 3.11. The van der Waals surface area contributed by atoms with Gasteiger partial charge in [0.1, 0.15) is 6.54 Å². The Morgan fingerprint density at radius 1 is 1.35 bits per heavy atom. The number of halogens is 1. The van der Waals surface area contributed by atoms with Crippen molar-refractivity contribution in [2.45, 2.75) is 45.7 Å². The van der Waals surface area contributed by atoms with Crippen molar-refractivity contribution in [2.75, 3.05) is 13.1 Å². The van der Waals surface area contributed by atoms with E-state index in [1.807, 2.05) is 18.2 Å². The van der Waals surface area contributed by atoms with Crippen LogP contribution in [0.1, 0.15) is 25.2 Å². The molecule has 9 heteroatoms. The van der Waals surface area contributed by atoms with E-state index < -0.39 is 0 Å². The first-order valence-electron chi connectivity index (χ1n) is 8.63. The van der Waals surface area contributed by atoms with Crippen LogP contribution < -0.4 is 5.32 Å². The van der Waals surface area contributed by atoms with E-state index in [1.165, 1.54) is 4.68 Å². The number of carbonyl (C=O) groups is 1. The molecule has 0 bridgehead atoms. The van der Waals surface area contributed by atoms with E-state index in [4.69, 9.17) is 16.3 Å². The Balaban J connectivity index is 1.54. The Kier molecular flexibility index (Phi) is 6.18. The van der Waals surface area contributed by atoms with Crippen molar-refractivity contribution >= 4 is 17.5 Å². The van der Waals surface area contributed by atoms with Crippen LogP contribution in [0.15, 0.2) is 24.3 Å². The summed E-state index contributed by atoms with van der Waals surface area (Å²) in [7, 11) is 0. The lowest BCUT2D eigenvalue weighted by Crippen LogP contribution is -2.45. The van der Waals surface area contributed by atoms with E-state index in [-0.39, 0.29) is 24.7 Å². The number of hydrogen-bond acceptors (Lipinski definition) is 6. The first kappa shape index (κ1) is 18.8.